The van der Waals surface area contributed by atoms with Crippen LogP contribution in [0.25, 0.3) is 27.4 Å². The van der Waals surface area contributed by atoms with E-state index in [-0.39, 0.29) is 5.91 Å². The van der Waals surface area contributed by atoms with Gasteiger partial charge in [0.25, 0.3) is 5.91 Å². The molecule has 4 heterocycles. The summed E-state index contributed by atoms with van der Waals surface area (Å²) in [6.45, 7) is 3.91. The molecular formula is C16H17N7OS. The summed E-state index contributed by atoms with van der Waals surface area (Å²) in [4.78, 5) is 24.5. The lowest BCUT2D eigenvalue weighted by molar-refractivity contribution is 0.0831. The van der Waals surface area contributed by atoms with Crippen LogP contribution in [0.15, 0.2) is 12.4 Å². The number of nitrogens with zero attached hydrogens (tertiary/aromatic N) is 7. The van der Waals surface area contributed by atoms with Crippen LogP contribution in [0, 0.1) is 13.8 Å². The first-order chi connectivity index (χ1) is 11.9. The van der Waals surface area contributed by atoms with Gasteiger partial charge in [0.05, 0.1) is 10.3 Å². The van der Waals surface area contributed by atoms with Crippen LogP contribution >= 0.6 is 11.3 Å². The fourth-order valence-corrected chi connectivity index (χ4v) is 3.88. The monoisotopic (exact) mass is 355 g/mol. The van der Waals surface area contributed by atoms with E-state index in [0.29, 0.717) is 22.0 Å². The lowest BCUT2D eigenvalue weighted by atomic mass is 10.2. The number of rotatable bonds is 2. The number of fused-ring (bicyclic) bond motifs is 3. The van der Waals surface area contributed by atoms with E-state index < -0.39 is 0 Å². The van der Waals surface area contributed by atoms with Crippen molar-refractivity contribution in [3.05, 3.63) is 28.5 Å². The summed E-state index contributed by atoms with van der Waals surface area (Å²) in [6.07, 6.45) is 1.63. The largest absolute Gasteiger partial charge is 0.344 e. The number of hydrogen-bond acceptors (Lipinski definition) is 6. The highest BCUT2D eigenvalue weighted by molar-refractivity contribution is 7.20. The molecule has 8 nitrogen and oxygen atoms in total. The Labute approximate surface area is 147 Å². The maximum Gasteiger partial charge on any atom is 0.263 e. The van der Waals surface area contributed by atoms with Crippen LogP contribution in [0.5, 0.6) is 0 Å². The first-order valence-electron chi connectivity index (χ1n) is 7.74. The third-order valence-electron chi connectivity index (χ3n) is 4.21. The lowest BCUT2D eigenvalue weighted by Crippen LogP contribution is -2.21. The Hall–Kier alpha value is -2.81. The highest BCUT2D eigenvalue weighted by atomic mass is 32.1. The predicted octanol–water partition coefficient (Wildman–Crippen LogP) is 2.06. The van der Waals surface area contributed by atoms with Gasteiger partial charge in [0, 0.05) is 26.8 Å². The third-order valence-corrected chi connectivity index (χ3v) is 5.40. The molecule has 4 rings (SSSR count). The first kappa shape index (κ1) is 15.7. The van der Waals surface area contributed by atoms with Crippen LogP contribution in [-0.4, -0.2) is 54.3 Å². The lowest BCUT2D eigenvalue weighted by Gasteiger charge is -2.08. The van der Waals surface area contributed by atoms with Gasteiger partial charge in [0.15, 0.2) is 5.65 Å². The fourth-order valence-electron chi connectivity index (χ4n) is 2.72. The van der Waals surface area contributed by atoms with E-state index in [0.717, 1.165) is 21.5 Å². The molecular weight excluding hydrogens is 338 g/mol. The zero-order valence-electron chi connectivity index (χ0n) is 14.6. The molecule has 25 heavy (non-hydrogen) atoms. The van der Waals surface area contributed by atoms with Gasteiger partial charge in [-0.3, -0.25) is 9.48 Å². The molecule has 0 aliphatic carbocycles. The summed E-state index contributed by atoms with van der Waals surface area (Å²) in [5.74, 6) is 0.517. The molecule has 9 heteroatoms. The molecule has 1 amide bonds. The van der Waals surface area contributed by atoms with Crippen molar-refractivity contribution >= 4 is 33.1 Å². The Morgan fingerprint density at radius 3 is 2.64 bits per heavy atom. The second-order valence-electron chi connectivity index (χ2n) is 6.18. The van der Waals surface area contributed by atoms with Crippen LogP contribution in [-0.2, 0) is 7.05 Å². The Morgan fingerprint density at radius 1 is 1.24 bits per heavy atom. The quantitative estimate of drug-likeness (QED) is 0.550. The molecule has 0 aliphatic heterocycles. The average Bonchev–Trinajstić information content (AvgIpc) is 3.22. The maximum atomic E-state index is 12.4. The summed E-state index contributed by atoms with van der Waals surface area (Å²) in [6, 6.07) is 1.95. The van der Waals surface area contributed by atoms with Gasteiger partial charge in [-0.15, -0.1) is 16.4 Å². The number of carbonyl (C=O) groups is 1. The van der Waals surface area contributed by atoms with E-state index in [4.69, 9.17) is 0 Å². The third kappa shape index (κ3) is 2.30. The topological polar surface area (TPSA) is 81.2 Å². The standard InChI is InChI=1S/C16H17N7OS/c1-8-6-10(19-22(8)5)13-18-14-11-9(2)12(16(24)21(3)4)25-15(11)17-7-23(14)20-13/h6-7H,1-5H3. The first-order valence-corrected chi connectivity index (χ1v) is 8.55. The van der Waals surface area contributed by atoms with Crippen molar-refractivity contribution in [3.63, 3.8) is 0 Å². The Morgan fingerprint density at radius 2 is 2.00 bits per heavy atom. The van der Waals surface area contributed by atoms with Gasteiger partial charge in [-0.25, -0.2) is 14.5 Å². The Bertz CT molecular complexity index is 1120. The summed E-state index contributed by atoms with van der Waals surface area (Å²) in [5.41, 5.74) is 3.32. The second-order valence-corrected chi connectivity index (χ2v) is 7.18. The molecule has 0 fully saturated rings. The van der Waals surface area contributed by atoms with Crippen molar-refractivity contribution in [1.29, 1.82) is 0 Å². The molecule has 0 saturated carbocycles. The van der Waals surface area contributed by atoms with E-state index >= 15 is 0 Å². The molecule has 0 N–H and O–H groups in total. The van der Waals surface area contributed by atoms with E-state index in [9.17, 15) is 4.79 Å². The summed E-state index contributed by atoms with van der Waals surface area (Å²) in [7, 11) is 5.37. The smallest absolute Gasteiger partial charge is 0.263 e. The van der Waals surface area contributed by atoms with E-state index in [1.54, 1.807) is 34.5 Å². The number of aromatic nitrogens is 6. The van der Waals surface area contributed by atoms with Crippen LogP contribution < -0.4 is 0 Å². The van der Waals surface area contributed by atoms with Crippen molar-refractivity contribution in [3.8, 4) is 11.5 Å². The van der Waals surface area contributed by atoms with Gasteiger partial charge in [-0.1, -0.05) is 0 Å². The second kappa shape index (κ2) is 5.35. The predicted molar refractivity (Wildman–Crippen MR) is 95.9 cm³/mol. The van der Waals surface area contributed by atoms with E-state index in [1.165, 1.54) is 11.3 Å². The fraction of sp³-hybridized carbons (Fsp3) is 0.312. The number of thiophene rings is 1. The van der Waals surface area contributed by atoms with E-state index in [2.05, 4.69) is 20.2 Å². The molecule has 0 saturated heterocycles. The summed E-state index contributed by atoms with van der Waals surface area (Å²) >= 11 is 1.38. The minimum absolute atomic E-state index is 0.0289. The minimum Gasteiger partial charge on any atom is -0.344 e. The van der Waals surface area contributed by atoms with Crippen molar-refractivity contribution in [2.75, 3.05) is 14.1 Å². The van der Waals surface area contributed by atoms with Crippen molar-refractivity contribution in [1.82, 2.24) is 34.3 Å². The SMILES string of the molecule is Cc1c(C(=O)N(C)C)sc2ncn3nc(-c4cc(C)n(C)n4)nc3c12. The van der Waals surface area contributed by atoms with Gasteiger partial charge in [-0.2, -0.15) is 5.10 Å². The van der Waals surface area contributed by atoms with Gasteiger partial charge in [0.2, 0.25) is 5.82 Å². The Kier molecular flexibility index (Phi) is 3.36. The molecule has 0 atom stereocenters. The van der Waals surface area contributed by atoms with Gasteiger partial charge in [0.1, 0.15) is 16.9 Å². The molecule has 0 spiro atoms. The van der Waals surface area contributed by atoms with Crippen molar-refractivity contribution in [2.45, 2.75) is 13.8 Å². The van der Waals surface area contributed by atoms with Crippen molar-refractivity contribution < 1.29 is 4.79 Å². The van der Waals surface area contributed by atoms with Crippen LogP contribution in [0.3, 0.4) is 0 Å². The highest BCUT2D eigenvalue weighted by Gasteiger charge is 2.21. The molecule has 0 bridgehead atoms. The van der Waals surface area contributed by atoms with Gasteiger partial charge < -0.3 is 4.90 Å². The van der Waals surface area contributed by atoms with Crippen LogP contribution in [0.2, 0.25) is 0 Å². The molecule has 4 aromatic rings. The van der Waals surface area contributed by atoms with Gasteiger partial charge in [-0.05, 0) is 25.5 Å². The number of amides is 1. The zero-order valence-corrected chi connectivity index (χ0v) is 15.4. The van der Waals surface area contributed by atoms with Crippen LogP contribution in [0.4, 0.5) is 0 Å². The molecule has 0 unspecified atom stereocenters. The van der Waals surface area contributed by atoms with Gasteiger partial charge >= 0.3 is 0 Å². The van der Waals surface area contributed by atoms with Crippen LogP contribution in [0.1, 0.15) is 20.9 Å². The van der Waals surface area contributed by atoms with E-state index in [1.807, 2.05) is 27.0 Å². The number of carbonyl (C=O) groups excluding carboxylic acids is 1. The molecule has 0 radical (unpaired) electrons. The summed E-state index contributed by atoms with van der Waals surface area (Å²) < 4.78 is 3.43. The Balaban J connectivity index is 1.96. The molecule has 128 valence electrons. The normalized spacial score (nSPS) is 11.6. The number of aryl methyl sites for hydroxylation is 3. The molecule has 4 aromatic heterocycles. The van der Waals surface area contributed by atoms with Crippen molar-refractivity contribution in [2.24, 2.45) is 7.05 Å². The minimum atomic E-state index is -0.0289. The average molecular weight is 355 g/mol. The molecule has 0 aliphatic rings. The zero-order chi connectivity index (χ0) is 17.9. The highest BCUT2D eigenvalue weighted by Crippen LogP contribution is 2.32. The maximum absolute atomic E-state index is 12.4. The number of hydrogen-bond donors (Lipinski definition) is 0. The summed E-state index contributed by atoms with van der Waals surface area (Å²) in [5, 5.41) is 9.79. The molecule has 0 aromatic carbocycles.